The molecular formula is C66H107NO10. The molecule has 436 valence electrons. The quantitative estimate of drug-likeness (QED) is 0.0195. The second-order valence-electron chi connectivity index (χ2n) is 20.0. The maximum Gasteiger partial charge on any atom is 0.306 e. The Balaban J connectivity index is 2.73. The number of hydrogen-bond donors (Lipinski definition) is 6. The minimum absolute atomic E-state index is 0.0862. The fourth-order valence-electron chi connectivity index (χ4n) is 8.36. The summed E-state index contributed by atoms with van der Waals surface area (Å²) in [5.41, 5.74) is 0. The van der Waals surface area contributed by atoms with E-state index in [1.807, 2.05) is 18.2 Å². The normalized spacial score (nSPS) is 20.0. The Hall–Kier alpha value is -4.20. The number of amides is 1. The summed E-state index contributed by atoms with van der Waals surface area (Å²) in [6.07, 6.45) is 63.5. The van der Waals surface area contributed by atoms with Crippen molar-refractivity contribution < 1.29 is 49.3 Å². The lowest BCUT2D eigenvalue weighted by Crippen LogP contribution is -2.61. The highest BCUT2D eigenvalue weighted by atomic mass is 16.7. The van der Waals surface area contributed by atoms with E-state index in [1.54, 1.807) is 6.08 Å². The zero-order valence-corrected chi connectivity index (χ0v) is 48.0. The van der Waals surface area contributed by atoms with E-state index in [0.29, 0.717) is 12.8 Å². The second kappa shape index (κ2) is 52.5. The molecule has 1 fully saturated rings. The minimum atomic E-state index is -1.64. The highest BCUT2D eigenvalue weighted by molar-refractivity contribution is 5.80. The van der Waals surface area contributed by atoms with Gasteiger partial charge in [-0.1, -0.05) is 225 Å². The Bertz CT molecular complexity index is 1760. The van der Waals surface area contributed by atoms with E-state index in [9.17, 15) is 35.1 Å². The van der Waals surface area contributed by atoms with Crippen LogP contribution in [0.1, 0.15) is 207 Å². The highest BCUT2D eigenvalue weighted by Crippen LogP contribution is 2.26. The smallest absolute Gasteiger partial charge is 0.306 e. The third kappa shape index (κ3) is 40.6. The SMILES string of the molecule is CC/C=C\C/C=C\C/C=C\C/C=C\C/C=C\CCCCCCCC(=O)OC1C(OCC(NC(=O)C(O)CC/C=C\C/C=C\C/C=C\C/C=C\C/C=C\CC)C(O)/C=C/CCCCCCCCCCC)OC(CO)C(O)C1O. The number of nitrogens with one attached hydrogen (secondary N) is 1. The maximum absolute atomic E-state index is 13.4. The largest absolute Gasteiger partial charge is 0.454 e. The van der Waals surface area contributed by atoms with E-state index in [2.05, 4.69) is 135 Å². The van der Waals surface area contributed by atoms with Crippen molar-refractivity contribution in [3.8, 4) is 0 Å². The summed E-state index contributed by atoms with van der Waals surface area (Å²) in [5, 5.41) is 56.8. The van der Waals surface area contributed by atoms with Crippen molar-refractivity contribution in [1.29, 1.82) is 0 Å². The fourth-order valence-corrected chi connectivity index (χ4v) is 8.36. The lowest BCUT2D eigenvalue weighted by molar-refractivity contribution is -0.305. The van der Waals surface area contributed by atoms with Crippen molar-refractivity contribution in [3.05, 3.63) is 134 Å². The Morgan fingerprint density at radius 3 is 1.40 bits per heavy atom. The standard InChI is InChI=1S/C66H107NO10/c1-4-7-10-13-16-19-22-24-26-28-29-30-31-32-34-36-39-42-45-48-51-54-61(71)77-64-63(73)62(72)60(55-68)76-66(64)75-56-57(58(69)52-49-46-43-40-37-21-18-15-12-9-6-3)67-65(74)59(70)53-50-47-44-41-38-35-33-27-25-23-20-17-14-11-8-5-2/h7-8,10-11,16-17,19-20,24-27,29-30,32,34-35,38,44,47,49,52,57-60,62-64,66,68-70,72-73H,4-6,9,12-15,18,21-23,28,31,33,36-37,39-43,45-46,48,50-51,53-56H2,1-3H3,(H,67,74)/b10-7-,11-8-,19-16-,20-17-,26-24-,27-25-,30-29-,34-32-,38-35-,47-44-,52-49+. The average Bonchev–Trinajstić information content (AvgIpc) is 3.43. The molecule has 0 radical (unpaired) electrons. The van der Waals surface area contributed by atoms with Crippen molar-refractivity contribution >= 4 is 11.9 Å². The van der Waals surface area contributed by atoms with Crippen molar-refractivity contribution in [2.75, 3.05) is 13.2 Å². The molecule has 11 heteroatoms. The first-order valence-electron chi connectivity index (χ1n) is 30.0. The van der Waals surface area contributed by atoms with Gasteiger partial charge in [0.1, 0.15) is 24.4 Å². The van der Waals surface area contributed by atoms with E-state index >= 15 is 0 Å². The molecule has 1 rings (SSSR count). The van der Waals surface area contributed by atoms with Crippen LogP contribution in [0.15, 0.2) is 134 Å². The molecule has 1 saturated heterocycles. The minimum Gasteiger partial charge on any atom is -0.454 e. The maximum atomic E-state index is 13.4. The van der Waals surface area contributed by atoms with Crippen molar-refractivity contribution in [2.24, 2.45) is 0 Å². The van der Waals surface area contributed by atoms with E-state index in [4.69, 9.17) is 14.2 Å². The number of hydrogen-bond acceptors (Lipinski definition) is 10. The third-order valence-corrected chi connectivity index (χ3v) is 13.1. The van der Waals surface area contributed by atoms with Crippen LogP contribution in [-0.2, 0) is 23.8 Å². The average molecular weight is 1070 g/mol. The molecule has 8 atom stereocenters. The van der Waals surface area contributed by atoms with Gasteiger partial charge in [-0.3, -0.25) is 9.59 Å². The first-order chi connectivity index (χ1) is 37.7. The van der Waals surface area contributed by atoms with Crippen LogP contribution in [0.25, 0.3) is 0 Å². The van der Waals surface area contributed by atoms with Crippen molar-refractivity contribution in [1.82, 2.24) is 5.32 Å². The van der Waals surface area contributed by atoms with Gasteiger partial charge in [-0.25, -0.2) is 0 Å². The van der Waals surface area contributed by atoms with E-state index in [0.717, 1.165) is 122 Å². The summed E-state index contributed by atoms with van der Waals surface area (Å²) in [6.45, 7) is 5.48. The molecule has 6 N–H and O–H groups in total. The van der Waals surface area contributed by atoms with E-state index in [-0.39, 0.29) is 19.4 Å². The molecular weight excluding hydrogens is 967 g/mol. The van der Waals surface area contributed by atoms with Crippen molar-refractivity contribution in [3.63, 3.8) is 0 Å². The number of aliphatic hydroxyl groups excluding tert-OH is 5. The number of unbranched alkanes of at least 4 members (excludes halogenated alkanes) is 14. The van der Waals surface area contributed by atoms with Gasteiger partial charge in [-0.2, -0.15) is 0 Å². The molecule has 0 aromatic carbocycles. The first-order valence-corrected chi connectivity index (χ1v) is 30.0. The molecule has 0 aromatic heterocycles. The molecule has 1 amide bonds. The monoisotopic (exact) mass is 1070 g/mol. The summed E-state index contributed by atoms with van der Waals surface area (Å²) >= 11 is 0. The van der Waals surface area contributed by atoms with Gasteiger partial charge < -0.3 is 45.1 Å². The lowest BCUT2D eigenvalue weighted by Gasteiger charge is -2.41. The number of esters is 1. The number of aliphatic hydroxyl groups is 5. The van der Waals surface area contributed by atoms with Crippen LogP contribution in [0.5, 0.6) is 0 Å². The predicted octanol–water partition coefficient (Wildman–Crippen LogP) is 14.1. The van der Waals surface area contributed by atoms with Crippen LogP contribution in [0.2, 0.25) is 0 Å². The summed E-state index contributed by atoms with van der Waals surface area (Å²) < 4.78 is 17.5. The molecule has 77 heavy (non-hydrogen) atoms. The van der Waals surface area contributed by atoms with Crippen molar-refractivity contribution in [2.45, 2.75) is 256 Å². The van der Waals surface area contributed by atoms with Crippen LogP contribution in [0, 0.1) is 0 Å². The molecule has 1 aliphatic rings. The van der Waals surface area contributed by atoms with Crippen LogP contribution in [-0.4, -0.2) is 99.6 Å². The van der Waals surface area contributed by atoms with Crippen LogP contribution in [0.4, 0.5) is 0 Å². The Morgan fingerprint density at radius 1 is 0.519 bits per heavy atom. The van der Waals surface area contributed by atoms with E-state index < -0.39 is 67.4 Å². The predicted molar refractivity (Wildman–Crippen MR) is 319 cm³/mol. The molecule has 0 bridgehead atoms. The van der Waals surface area contributed by atoms with Gasteiger partial charge in [0.05, 0.1) is 25.4 Å². The zero-order valence-electron chi connectivity index (χ0n) is 48.0. The molecule has 0 spiro atoms. The van der Waals surface area contributed by atoms with Gasteiger partial charge >= 0.3 is 5.97 Å². The Morgan fingerprint density at radius 2 is 0.935 bits per heavy atom. The van der Waals surface area contributed by atoms with Gasteiger partial charge in [0, 0.05) is 6.42 Å². The molecule has 0 aromatic rings. The zero-order chi connectivity index (χ0) is 56.1. The number of rotatable bonds is 48. The number of ether oxygens (including phenoxy) is 3. The van der Waals surface area contributed by atoms with Crippen LogP contribution >= 0.6 is 0 Å². The van der Waals surface area contributed by atoms with Gasteiger partial charge in [0.2, 0.25) is 5.91 Å². The fraction of sp³-hybridized carbons (Fsp3) is 0.636. The summed E-state index contributed by atoms with van der Waals surface area (Å²) in [6, 6.07) is -1.07. The molecule has 0 saturated carbocycles. The number of carbonyl (C=O) groups is 2. The van der Waals surface area contributed by atoms with Crippen LogP contribution in [0.3, 0.4) is 0 Å². The summed E-state index contributed by atoms with van der Waals surface area (Å²) in [4.78, 5) is 26.5. The first kappa shape index (κ1) is 70.8. The molecule has 11 nitrogen and oxygen atoms in total. The van der Waals surface area contributed by atoms with Gasteiger partial charge in [-0.15, -0.1) is 0 Å². The molecule has 8 unspecified atom stereocenters. The number of allylic oxidation sites excluding steroid dienone is 21. The topological polar surface area (TPSA) is 175 Å². The van der Waals surface area contributed by atoms with Gasteiger partial charge in [0.25, 0.3) is 0 Å². The van der Waals surface area contributed by atoms with E-state index in [1.165, 1.54) is 38.5 Å². The molecule has 1 aliphatic heterocycles. The van der Waals surface area contributed by atoms with Crippen LogP contribution < -0.4 is 5.32 Å². The summed E-state index contributed by atoms with van der Waals surface area (Å²) in [7, 11) is 0. The number of carbonyl (C=O) groups excluding carboxylic acids is 2. The molecule has 0 aliphatic carbocycles. The summed E-state index contributed by atoms with van der Waals surface area (Å²) in [5.74, 6) is -1.29. The second-order valence-corrected chi connectivity index (χ2v) is 20.0. The molecule has 1 heterocycles. The Labute approximate surface area is 467 Å². The lowest BCUT2D eigenvalue weighted by atomic mass is 9.99. The highest BCUT2D eigenvalue weighted by Gasteiger charge is 2.47. The van der Waals surface area contributed by atoms with Gasteiger partial charge in [0.15, 0.2) is 12.4 Å². The van der Waals surface area contributed by atoms with Gasteiger partial charge in [-0.05, 0) is 109 Å². The Kier molecular flexibility index (Phi) is 48.3. The third-order valence-electron chi connectivity index (χ3n) is 13.1.